The Morgan fingerprint density at radius 1 is 1.03 bits per heavy atom. The van der Waals surface area contributed by atoms with E-state index in [1.807, 2.05) is 0 Å². The largest absolute Gasteiger partial charge is 0.493 e. The van der Waals surface area contributed by atoms with Gasteiger partial charge in [0.15, 0.2) is 23.0 Å². The number of aliphatic hydroxyl groups is 2. The van der Waals surface area contributed by atoms with Gasteiger partial charge in [0.2, 0.25) is 18.3 Å². The summed E-state index contributed by atoms with van der Waals surface area (Å²) in [6, 6.07) is 6.33. The van der Waals surface area contributed by atoms with Gasteiger partial charge in [0.05, 0.1) is 21.3 Å². The molecule has 31 heavy (non-hydrogen) atoms. The Morgan fingerprint density at radius 2 is 1.71 bits per heavy atom. The third-order valence-corrected chi connectivity index (χ3v) is 5.51. The fourth-order valence-electron chi connectivity index (χ4n) is 4.15. The van der Waals surface area contributed by atoms with E-state index in [1.165, 1.54) is 27.4 Å². The average molecular weight is 434 g/mol. The van der Waals surface area contributed by atoms with E-state index in [4.69, 9.17) is 28.4 Å². The molecular weight excluding hydrogens is 412 g/mol. The normalized spacial score (nSPS) is 23.5. The summed E-state index contributed by atoms with van der Waals surface area (Å²) in [4.78, 5) is 12.3. The van der Waals surface area contributed by atoms with Crippen molar-refractivity contribution in [1.82, 2.24) is 0 Å². The van der Waals surface area contributed by atoms with Crippen LogP contribution in [0.1, 0.15) is 17.0 Å². The highest BCUT2D eigenvalue weighted by molar-refractivity contribution is 5.77. The second-order valence-corrected chi connectivity index (χ2v) is 7.07. The van der Waals surface area contributed by atoms with Gasteiger partial charge in [0, 0.05) is 23.1 Å². The summed E-state index contributed by atoms with van der Waals surface area (Å²) in [5.74, 6) is -4.56. The first-order chi connectivity index (χ1) is 14.9. The predicted octanol–water partition coefficient (Wildman–Crippen LogP) is 1.35. The molecule has 0 amide bonds. The molecule has 0 saturated carbocycles. The molecule has 0 fully saturated rings. The van der Waals surface area contributed by atoms with Crippen molar-refractivity contribution < 1.29 is 48.5 Å². The summed E-state index contributed by atoms with van der Waals surface area (Å²) >= 11 is 0. The molecule has 0 saturated heterocycles. The first-order valence-corrected chi connectivity index (χ1v) is 9.36. The zero-order valence-corrected chi connectivity index (χ0v) is 17.1. The van der Waals surface area contributed by atoms with E-state index in [-0.39, 0.29) is 24.0 Å². The number of carboxylic acid groups (broad SMARTS) is 1. The Labute approximate surface area is 177 Å². The molecule has 0 bridgehead atoms. The van der Waals surface area contributed by atoms with Crippen LogP contribution in [0.2, 0.25) is 0 Å². The lowest BCUT2D eigenvalue weighted by Gasteiger charge is -2.42. The molecule has 0 unspecified atom stereocenters. The maximum Gasteiger partial charge on any atom is 0.314 e. The standard InChI is InChI=1S/C21H22O10/c1-26-12-5-4-10(18(27-2)19(12)28-3)16-11-6-14-15(30-9-29-14)7-13(11)31-21(25,8-22)17(16)20(23)24/h4-7,16-17,22,25H,8-9H2,1-3H3,(H,23,24)/t16-,17+,21+/m1/s1. The molecule has 2 aromatic carbocycles. The fraction of sp³-hybridized carbons (Fsp3) is 0.381. The maximum atomic E-state index is 12.3. The summed E-state index contributed by atoms with van der Waals surface area (Å²) < 4.78 is 32.7. The first-order valence-electron chi connectivity index (χ1n) is 9.36. The Bertz CT molecular complexity index is 1020. The molecule has 10 nitrogen and oxygen atoms in total. The molecule has 3 atom stereocenters. The van der Waals surface area contributed by atoms with Gasteiger partial charge in [-0.1, -0.05) is 6.07 Å². The molecule has 2 aromatic rings. The number of rotatable bonds is 6. The Balaban J connectivity index is 2.02. The molecule has 0 spiro atoms. The van der Waals surface area contributed by atoms with Gasteiger partial charge in [-0.15, -0.1) is 0 Å². The molecular formula is C21H22O10. The van der Waals surface area contributed by atoms with Gasteiger partial charge >= 0.3 is 5.97 Å². The van der Waals surface area contributed by atoms with E-state index >= 15 is 0 Å². The summed E-state index contributed by atoms with van der Waals surface area (Å²) in [6.45, 7) is -0.959. The maximum absolute atomic E-state index is 12.3. The van der Waals surface area contributed by atoms with E-state index < -0.39 is 30.2 Å². The van der Waals surface area contributed by atoms with E-state index in [9.17, 15) is 20.1 Å². The monoisotopic (exact) mass is 434 g/mol. The van der Waals surface area contributed by atoms with Crippen molar-refractivity contribution >= 4 is 5.97 Å². The van der Waals surface area contributed by atoms with Crippen LogP contribution in [0.15, 0.2) is 24.3 Å². The quantitative estimate of drug-likeness (QED) is 0.612. The molecule has 10 heteroatoms. The van der Waals surface area contributed by atoms with Crippen LogP contribution in [0.3, 0.4) is 0 Å². The van der Waals surface area contributed by atoms with E-state index in [2.05, 4.69) is 0 Å². The second kappa shape index (κ2) is 7.71. The van der Waals surface area contributed by atoms with Gasteiger partial charge in [-0.3, -0.25) is 4.79 Å². The van der Waals surface area contributed by atoms with Crippen molar-refractivity contribution in [2.45, 2.75) is 11.7 Å². The SMILES string of the molecule is COc1ccc([C@@H]2c3cc4c(cc3O[C@@](O)(CO)[C@@H]2C(=O)O)OCO4)c(OC)c1OC. The summed E-state index contributed by atoms with van der Waals surface area (Å²) in [5.41, 5.74) is 0.808. The average Bonchev–Trinajstić information content (AvgIpc) is 3.22. The third kappa shape index (κ3) is 3.15. The van der Waals surface area contributed by atoms with E-state index in [1.54, 1.807) is 18.2 Å². The summed E-state index contributed by atoms with van der Waals surface area (Å²) in [7, 11) is 4.31. The minimum atomic E-state index is -2.41. The number of benzene rings is 2. The van der Waals surface area contributed by atoms with E-state index in [0.717, 1.165) is 0 Å². The minimum absolute atomic E-state index is 0.00476. The number of aliphatic carboxylic acids is 1. The summed E-state index contributed by atoms with van der Waals surface area (Å²) in [6.07, 6.45) is 0. The number of aliphatic hydroxyl groups excluding tert-OH is 1. The number of carbonyl (C=O) groups is 1. The van der Waals surface area contributed by atoms with Crippen molar-refractivity contribution in [1.29, 1.82) is 0 Å². The molecule has 0 radical (unpaired) electrons. The smallest absolute Gasteiger partial charge is 0.314 e. The Morgan fingerprint density at radius 3 is 2.29 bits per heavy atom. The number of methoxy groups -OCH3 is 3. The lowest BCUT2D eigenvalue weighted by Crippen LogP contribution is -2.55. The van der Waals surface area contributed by atoms with Crippen molar-refractivity contribution in [2.24, 2.45) is 5.92 Å². The highest BCUT2D eigenvalue weighted by Crippen LogP contribution is 2.55. The van der Waals surface area contributed by atoms with Gasteiger partial charge < -0.3 is 43.7 Å². The minimum Gasteiger partial charge on any atom is -0.493 e. The third-order valence-electron chi connectivity index (χ3n) is 5.51. The zero-order chi connectivity index (χ0) is 22.3. The predicted molar refractivity (Wildman–Crippen MR) is 104 cm³/mol. The molecule has 2 heterocycles. The lowest BCUT2D eigenvalue weighted by molar-refractivity contribution is -0.220. The molecule has 166 valence electrons. The molecule has 0 aliphatic carbocycles. The van der Waals surface area contributed by atoms with Crippen LogP contribution in [0.25, 0.3) is 0 Å². The zero-order valence-electron chi connectivity index (χ0n) is 17.1. The number of ether oxygens (including phenoxy) is 6. The van der Waals surface area contributed by atoms with Gasteiger partial charge in [-0.05, 0) is 12.1 Å². The molecule has 4 rings (SSSR count). The van der Waals surface area contributed by atoms with Crippen LogP contribution in [0, 0.1) is 5.92 Å². The molecule has 2 aliphatic rings. The van der Waals surface area contributed by atoms with Gasteiger partial charge in [-0.25, -0.2) is 0 Å². The highest BCUT2D eigenvalue weighted by atomic mass is 16.7. The Kier molecular flexibility index (Phi) is 5.19. The number of hydrogen-bond donors (Lipinski definition) is 3. The van der Waals surface area contributed by atoms with Crippen LogP contribution in [-0.2, 0) is 4.79 Å². The first kappa shape index (κ1) is 20.9. The van der Waals surface area contributed by atoms with Crippen LogP contribution in [-0.4, -0.2) is 61.8 Å². The number of fused-ring (bicyclic) bond motifs is 2. The van der Waals surface area contributed by atoms with E-state index in [0.29, 0.717) is 28.4 Å². The fourth-order valence-corrected chi connectivity index (χ4v) is 4.15. The number of hydrogen-bond acceptors (Lipinski definition) is 9. The van der Waals surface area contributed by atoms with Gasteiger partial charge in [0.1, 0.15) is 18.3 Å². The van der Waals surface area contributed by atoms with Crippen molar-refractivity contribution in [2.75, 3.05) is 34.7 Å². The Hall–Kier alpha value is -3.37. The van der Waals surface area contributed by atoms with Crippen LogP contribution in [0.4, 0.5) is 0 Å². The van der Waals surface area contributed by atoms with Crippen LogP contribution in [0.5, 0.6) is 34.5 Å². The van der Waals surface area contributed by atoms with Crippen molar-refractivity contribution in [3.8, 4) is 34.5 Å². The van der Waals surface area contributed by atoms with Crippen LogP contribution < -0.4 is 28.4 Å². The topological polar surface area (TPSA) is 133 Å². The van der Waals surface area contributed by atoms with Crippen molar-refractivity contribution in [3.63, 3.8) is 0 Å². The van der Waals surface area contributed by atoms with Gasteiger partial charge in [0.25, 0.3) is 0 Å². The molecule has 2 aliphatic heterocycles. The summed E-state index contributed by atoms with van der Waals surface area (Å²) in [5, 5.41) is 30.9. The number of carboxylic acids is 1. The molecule has 0 aromatic heterocycles. The van der Waals surface area contributed by atoms with Crippen molar-refractivity contribution in [3.05, 3.63) is 35.4 Å². The second-order valence-electron chi connectivity index (χ2n) is 7.07. The van der Waals surface area contributed by atoms with Crippen LogP contribution >= 0.6 is 0 Å². The lowest BCUT2D eigenvalue weighted by atomic mass is 9.73. The molecule has 3 N–H and O–H groups in total. The van der Waals surface area contributed by atoms with Gasteiger partial charge in [-0.2, -0.15) is 0 Å². The highest BCUT2D eigenvalue weighted by Gasteiger charge is 2.55.